The molecule has 2 rings (SSSR count). The molecule has 0 aromatic carbocycles. The zero-order valence-corrected chi connectivity index (χ0v) is 8.77. The maximum Gasteiger partial charge on any atom is 0.306 e. The second kappa shape index (κ2) is 3.19. The van der Waals surface area contributed by atoms with Gasteiger partial charge >= 0.3 is 5.97 Å². The van der Waals surface area contributed by atoms with E-state index in [0.29, 0.717) is 11.3 Å². The van der Waals surface area contributed by atoms with Crippen molar-refractivity contribution in [3.63, 3.8) is 0 Å². The molecule has 2 fully saturated rings. The quantitative estimate of drug-likeness (QED) is 0.742. The number of carbonyl (C=O) groups is 1. The third-order valence-corrected chi connectivity index (χ3v) is 4.72. The van der Waals surface area contributed by atoms with Crippen LogP contribution in [0.2, 0.25) is 0 Å². The van der Waals surface area contributed by atoms with Crippen LogP contribution in [0, 0.1) is 17.3 Å². The summed E-state index contributed by atoms with van der Waals surface area (Å²) in [4.78, 5) is 10.8. The van der Waals surface area contributed by atoms with Crippen LogP contribution in [0.15, 0.2) is 0 Å². The van der Waals surface area contributed by atoms with Gasteiger partial charge in [-0.3, -0.25) is 4.79 Å². The van der Waals surface area contributed by atoms with Gasteiger partial charge < -0.3 is 5.11 Å². The van der Waals surface area contributed by atoms with Crippen molar-refractivity contribution in [3.05, 3.63) is 0 Å². The molecule has 0 bridgehead atoms. The standard InChI is InChI=1S/C10H16O2S/c1-7(9(11)12)8-6-10(8)2-4-13-5-3-10/h7-8H,2-6H2,1H3,(H,11,12). The molecule has 0 radical (unpaired) electrons. The minimum absolute atomic E-state index is 0.122. The van der Waals surface area contributed by atoms with Crippen molar-refractivity contribution in [2.45, 2.75) is 26.2 Å². The predicted octanol–water partition coefficient (Wildman–Crippen LogP) is 2.24. The average molecular weight is 200 g/mol. The Morgan fingerprint density at radius 1 is 1.54 bits per heavy atom. The molecule has 3 heteroatoms. The number of aliphatic carboxylic acids is 1. The Morgan fingerprint density at radius 2 is 2.15 bits per heavy atom. The molecule has 74 valence electrons. The van der Waals surface area contributed by atoms with Gasteiger partial charge in [-0.1, -0.05) is 6.92 Å². The van der Waals surface area contributed by atoms with E-state index in [1.165, 1.54) is 30.8 Å². The summed E-state index contributed by atoms with van der Waals surface area (Å²) < 4.78 is 0. The van der Waals surface area contributed by atoms with E-state index < -0.39 is 5.97 Å². The maximum atomic E-state index is 10.8. The Bertz CT molecular complexity index is 221. The molecule has 1 saturated heterocycles. The van der Waals surface area contributed by atoms with Crippen LogP contribution in [0.1, 0.15) is 26.2 Å². The SMILES string of the molecule is CC(C(=O)O)C1CC12CCSCC2. The molecule has 1 N–H and O–H groups in total. The van der Waals surface area contributed by atoms with E-state index >= 15 is 0 Å². The number of rotatable bonds is 2. The highest BCUT2D eigenvalue weighted by atomic mass is 32.2. The molecule has 0 aromatic rings. The molecule has 0 aromatic heterocycles. The summed E-state index contributed by atoms with van der Waals surface area (Å²) >= 11 is 2.01. The first-order valence-electron chi connectivity index (χ1n) is 4.96. The highest BCUT2D eigenvalue weighted by molar-refractivity contribution is 7.99. The van der Waals surface area contributed by atoms with Crippen molar-refractivity contribution in [1.82, 2.24) is 0 Å². The fourth-order valence-electron chi connectivity index (χ4n) is 2.61. The number of carboxylic acid groups (broad SMARTS) is 1. The van der Waals surface area contributed by atoms with Gasteiger partial charge in [-0.25, -0.2) is 0 Å². The van der Waals surface area contributed by atoms with E-state index in [1.54, 1.807) is 0 Å². The van der Waals surface area contributed by atoms with Crippen molar-refractivity contribution in [3.8, 4) is 0 Å². The van der Waals surface area contributed by atoms with Crippen LogP contribution in [0.4, 0.5) is 0 Å². The molecule has 1 saturated carbocycles. The Labute approximate surface area is 83.1 Å². The van der Waals surface area contributed by atoms with Gasteiger partial charge in [0.2, 0.25) is 0 Å². The molecular formula is C10H16O2S. The van der Waals surface area contributed by atoms with Crippen LogP contribution < -0.4 is 0 Å². The lowest BCUT2D eigenvalue weighted by atomic mass is 9.91. The van der Waals surface area contributed by atoms with E-state index in [1.807, 2.05) is 18.7 Å². The lowest BCUT2D eigenvalue weighted by molar-refractivity contribution is -0.142. The van der Waals surface area contributed by atoms with Crippen molar-refractivity contribution < 1.29 is 9.90 Å². The number of hydrogen-bond donors (Lipinski definition) is 1. The third kappa shape index (κ3) is 1.58. The molecule has 1 aliphatic carbocycles. The second-order valence-corrected chi connectivity index (χ2v) is 5.64. The van der Waals surface area contributed by atoms with E-state index in [9.17, 15) is 4.79 Å². The molecule has 1 heterocycles. The van der Waals surface area contributed by atoms with Gasteiger partial charge in [-0.15, -0.1) is 0 Å². The first kappa shape index (κ1) is 9.38. The largest absolute Gasteiger partial charge is 0.481 e. The summed E-state index contributed by atoms with van der Waals surface area (Å²) in [7, 11) is 0. The molecule has 1 spiro atoms. The fraction of sp³-hybridized carbons (Fsp3) is 0.900. The van der Waals surface area contributed by atoms with E-state index in [0.717, 1.165) is 0 Å². The minimum atomic E-state index is -0.611. The molecule has 2 atom stereocenters. The van der Waals surface area contributed by atoms with Gasteiger partial charge in [0, 0.05) is 0 Å². The molecule has 1 aliphatic heterocycles. The first-order chi connectivity index (χ1) is 6.16. The van der Waals surface area contributed by atoms with Gasteiger partial charge in [0.1, 0.15) is 0 Å². The predicted molar refractivity (Wildman–Crippen MR) is 53.9 cm³/mol. The maximum absolute atomic E-state index is 10.8. The lowest BCUT2D eigenvalue weighted by Gasteiger charge is -2.23. The summed E-state index contributed by atoms with van der Waals surface area (Å²) in [5.41, 5.74) is 0.447. The monoisotopic (exact) mass is 200 g/mol. The van der Waals surface area contributed by atoms with E-state index in [-0.39, 0.29) is 5.92 Å². The van der Waals surface area contributed by atoms with Crippen LogP contribution in [0.3, 0.4) is 0 Å². The van der Waals surface area contributed by atoms with Crippen molar-refractivity contribution >= 4 is 17.7 Å². The second-order valence-electron chi connectivity index (χ2n) is 4.41. The van der Waals surface area contributed by atoms with E-state index in [2.05, 4.69) is 0 Å². The molecule has 2 aliphatic rings. The van der Waals surface area contributed by atoms with Crippen LogP contribution in [0.25, 0.3) is 0 Å². The van der Waals surface area contributed by atoms with Gasteiger partial charge in [0.05, 0.1) is 5.92 Å². The summed E-state index contributed by atoms with van der Waals surface area (Å²) in [6.45, 7) is 1.86. The summed E-state index contributed by atoms with van der Waals surface area (Å²) in [5.74, 6) is 2.22. The van der Waals surface area contributed by atoms with Crippen LogP contribution >= 0.6 is 11.8 Å². The zero-order valence-electron chi connectivity index (χ0n) is 7.95. The number of hydrogen-bond acceptors (Lipinski definition) is 2. The average Bonchev–Trinajstić information content (AvgIpc) is 2.79. The smallest absolute Gasteiger partial charge is 0.306 e. The first-order valence-corrected chi connectivity index (χ1v) is 6.12. The number of carboxylic acids is 1. The zero-order chi connectivity index (χ0) is 9.47. The minimum Gasteiger partial charge on any atom is -0.481 e. The Balaban J connectivity index is 1.95. The van der Waals surface area contributed by atoms with Gasteiger partial charge in [-0.2, -0.15) is 11.8 Å². The van der Waals surface area contributed by atoms with Gasteiger partial charge in [0.15, 0.2) is 0 Å². The van der Waals surface area contributed by atoms with Crippen molar-refractivity contribution in [2.75, 3.05) is 11.5 Å². The van der Waals surface area contributed by atoms with Gasteiger partial charge in [0.25, 0.3) is 0 Å². The van der Waals surface area contributed by atoms with Crippen molar-refractivity contribution in [1.29, 1.82) is 0 Å². The molecular weight excluding hydrogens is 184 g/mol. The Morgan fingerprint density at radius 3 is 2.69 bits per heavy atom. The normalized spacial score (nSPS) is 32.8. The van der Waals surface area contributed by atoms with Gasteiger partial charge in [-0.05, 0) is 42.1 Å². The summed E-state index contributed by atoms with van der Waals surface area (Å²) in [6.07, 6.45) is 3.67. The lowest BCUT2D eigenvalue weighted by Crippen LogP contribution is -2.20. The molecule has 0 amide bonds. The molecule has 2 unspecified atom stereocenters. The Hall–Kier alpha value is -0.180. The highest BCUT2D eigenvalue weighted by Gasteiger charge is 2.57. The van der Waals surface area contributed by atoms with Crippen LogP contribution in [-0.2, 0) is 4.79 Å². The van der Waals surface area contributed by atoms with Crippen LogP contribution in [0.5, 0.6) is 0 Å². The van der Waals surface area contributed by atoms with Crippen LogP contribution in [-0.4, -0.2) is 22.6 Å². The topological polar surface area (TPSA) is 37.3 Å². The molecule has 2 nitrogen and oxygen atoms in total. The van der Waals surface area contributed by atoms with E-state index in [4.69, 9.17) is 5.11 Å². The van der Waals surface area contributed by atoms with Crippen molar-refractivity contribution in [2.24, 2.45) is 17.3 Å². The number of thioether (sulfide) groups is 1. The third-order valence-electron chi connectivity index (χ3n) is 3.73. The summed E-state index contributed by atoms with van der Waals surface area (Å²) in [6, 6.07) is 0. The molecule has 13 heavy (non-hydrogen) atoms. The Kier molecular flexibility index (Phi) is 2.30. The highest BCUT2D eigenvalue weighted by Crippen LogP contribution is 2.63. The fourth-order valence-corrected chi connectivity index (χ4v) is 3.92. The summed E-state index contributed by atoms with van der Waals surface area (Å²) in [5, 5.41) is 8.90.